The molecular formula is C26H34O6Sn. The van der Waals surface area contributed by atoms with Gasteiger partial charge in [-0.05, 0) is 20.8 Å². The van der Waals surface area contributed by atoms with E-state index in [0.717, 1.165) is 20.8 Å². The molecule has 0 N–H and O–H groups in total. The third kappa shape index (κ3) is 25.8. The van der Waals surface area contributed by atoms with Crippen molar-refractivity contribution in [2.24, 2.45) is 0 Å². The number of unbranched alkanes of at least 4 members (excludes halogenated alkanes) is 4. The van der Waals surface area contributed by atoms with E-state index in [1.54, 1.807) is 22.5 Å². The Kier molecular flexibility index (Phi) is 22.7. The van der Waals surface area contributed by atoms with E-state index < -0.39 is 17.9 Å². The monoisotopic (exact) mass is 562 g/mol. The van der Waals surface area contributed by atoms with E-state index in [9.17, 15) is 0 Å². The molecule has 2 aromatic rings. The van der Waals surface area contributed by atoms with Crippen LogP contribution in [0.2, 0.25) is 4.44 Å². The Bertz CT molecular complexity index is 670. The summed E-state index contributed by atoms with van der Waals surface area (Å²) in [6.07, 6.45) is 8.25. The van der Waals surface area contributed by atoms with Crippen molar-refractivity contribution in [3.63, 3.8) is 0 Å². The van der Waals surface area contributed by atoms with Crippen molar-refractivity contribution < 1.29 is 29.7 Å². The van der Waals surface area contributed by atoms with Crippen molar-refractivity contribution in [1.29, 1.82) is 0 Å². The van der Waals surface area contributed by atoms with Gasteiger partial charge in [0, 0.05) is 17.9 Å². The number of carbonyl (C=O) groups excluding carboxylic acids is 3. The third-order valence-corrected chi connectivity index (χ3v) is 5.08. The number of aliphatic carboxylic acids is 3. The van der Waals surface area contributed by atoms with Gasteiger partial charge in [0.15, 0.2) is 0 Å². The van der Waals surface area contributed by atoms with Crippen LogP contribution in [-0.4, -0.2) is 40.4 Å². The zero-order valence-electron chi connectivity index (χ0n) is 19.8. The summed E-state index contributed by atoms with van der Waals surface area (Å²) in [4.78, 5) is 26.7. The second-order valence-corrected chi connectivity index (χ2v) is 8.58. The molecule has 0 saturated carbocycles. The third-order valence-electron chi connectivity index (χ3n) is 4.07. The van der Waals surface area contributed by atoms with Gasteiger partial charge in [-0.15, -0.1) is 0 Å². The Morgan fingerprint density at radius 1 is 0.636 bits per heavy atom. The first kappa shape index (κ1) is 32.8. The van der Waals surface area contributed by atoms with Gasteiger partial charge >= 0.3 is 143 Å². The van der Waals surface area contributed by atoms with Crippen LogP contribution < -0.4 is 15.3 Å². The molecule has 0 spiro atoms. The van der Waals surface area contributed by atoms with Gasteiger partial charge in [-0.25, -0.2) is 0 Å². The average Bonchev–Trinajstić information content (AvgIpc) is 2.73. The Hall–Kier alpha value is -2.35. The summed E-state index contributed by atoms with van der Waals surface area (Å²) in [5.74, 6) is -2.69. The van der Waals surface area contributed by atoms with Gasteiger partial charge in [0.1, 0.15) is 0 Å². The van der Waals surface area contributed by atoms with Gasteiger partial charge in [-0.1, -0.05) is 0 Å². The van der Waals surface area contributed by atoms with E-state index >= 15 is 0 Å². The van der Waals surface area contributed by atoms with E-state index in [1.807, 2.05) is 0 Å². The first-order valence-corrected chi connectivity index (χ1v) is 12.9. The van der Waals surface area contributed by atoms with Gasteiger partial charge in [0.25, 0.3) is 0 Å². The molecule has 2 aromatic carbocycles. The molecule has 33 heavy (non-hydrogen) atoms. The Morgan fingerprint density at radius 3 is 1.27 bits per heavy atom. The molecule has 178 valence electrons. The van der Waals surface area contributed by atoms with Gasteiger partial charge in [0.2, 0.25) is 0 Å². The number of hydrogen-bond acceptors (Lipinski definition) is 6. The molecular weight excluding hydrogens is 527 g/mol. The standard InChI is InChI=1S/C20H25.3C2H4O2.Sn/c1-2-3-4-5-12-17-20(18-13-8-6-9-14-18)19-15-10-7-11-16-19;3*1-2(3)4;/h6-11,13-16,20H,1-5,12,17H2;3*1H3,(H,3,4);/q;;;;+3/p-3. The van der Waals surface area contributed by atoms with Crippen molar-refractivity contribution in [3.8, 4) is 0 Å². The van der Waals surface area contributed by atoms with Crippen molar-refractivity contribution in [3.05, 3.63) is 71.8 Å². The normalized spacial score (nSPS) is 9.27. The molecule has 0 saturated heterocycles. The number of hydrogen-bond donors (Lipinski definition) is 0. The minimum absolute atomic E-state index is 0.559. The number of carbonyl (C=O) groups is 3. The molecule has 0 aliphatic heterocycles. The van der Waals surface area contributed by atoms with Crippen molar-refractivity contribution in [1.82, 2.24) is 0 Å². The predicted molar refractivity (Wildman–Crippen MR) is 125 cm³/mol. The summed E-state index contributed by atoms with van der Waals surface area (Å²) in [5.41, 5.74) is 2.92. The van der Waals surface area contributed by atoms with Gasteiger partial charge in [-0.3, -0.25) is 0 Å². The van der Waals surface area contributed by atoms with Crippen LogP contribution in [0.1, 0.15) is 76.3 Å². The van der Waals surface area contributed by atoms with Crippen LogP contribution in [0.15, 0.2) is 60.7 Å². The molecule has 6 nitrogen and oxygen atoms in total. The van der Waals surface area contributed by atoms with Crippen LogP contribution in [-0.2, 0) is 14.4 Å². The molecule has 0 bridgehead atoms. The molecule has 0 radical (unpaired) electrons. The number of carboxylic acid groups (broad SMARTS) is 3. The van der Waals surface area contributed by atoms with Gasteiger partial charge < -0.3 is 29.7 Å². The van der Waals surface area contributed by atoms with Crippen LogP contribution >= 0.6 is 0 Å². The first-order valence-electron chi connectivity index (χ1n) is 10.9. The Labute approximate surface area is 211 Å². The maximum atomic E-state index is 8.89. The fraction of sp³-hybridized carbons (Fsp3) is 0.423. The summed E-state index contributed by atoms with van der Waals surface area (Å²) < 4.78 is 1.42. The molecule has 0 unspecified atom stereocenters. The summed E-state index contributed by atoms with van der Waals surface area (Å²) in [5, 5.41) is 26.7. The Morgan fingerprint density at radius 2 is 0.939 bits per heavy atom. The molecule has 0 aliphatic rings. The fourth-order valence-electron chi connectivity index (χ4n) is 2.90. The maximum absolute atomic E-state index is 8.89. The molecule has 2 rings (SSSR count). The van der Waals surface area contributed by atoms with E-state index in [4.69, 9.17) is 29.7 Å². The summed E-state index contributed by atoms with van der Waals surface area (Å²) in [6.45, 7) is 2.92. The minimum atomic E-state index is -1.08. The zero-order valence-corrected chi connectivity index (χ0v) is 22.6. The van der Waals surface area contributed by atoms with Crippen molar-refractivity contribution in [2.75, 3.05) is 0 Å². The van der Waals surface area contributed by atoms with E-state index in [2.05, 4.69) is 60.7 Å². The number of benzene rings is 2. The van der Waals surface area contributed by atoms with E-state index in [-0.39, 0.29) is 0 Å². The second-order valence-electron chi connectivity index (χ2n) is 7.16. The van der Waals surface area contributed by atoms with Crippen LogP contribution in [0, 0.1) is 0 Å². The second kappa shape index (κ2) is 22.8. The zero-order chi connectivity index (χ0) is 25.5. The first-order chi connectivity index (χ1) is 15.6. The quantitative estimate of drug-likeness (QED) is 0.342. The molecule has 0 atom stereocenters. The number of rotatable bonds is 9. The molecule has 0 aromatic heterocycles. The molecule has 0 heterocycles. The van der Waals surface area contributed by atoms with Crippen LogP contribution in [0.4, 0.5) is 0 Å². The molecule has 7 heteroatoms. The van der Waals surface area contributed by atoms with Crippen LogP contribution in [0.5, 0.6) is 0 Å². The Balaban J connectivity index is 0. The van der Waals surface area contributed by atoms with E-state index in [0.29, 0.717) is 5.92 Å². The van der Waals surface area contributed by atoms with Crippen molar-refractivity contribution >= 4 is 40.4 Å². The summed E-state index contributed by atoms with van der Waals surface area (Å²) >= 11 is 1.69. The van der Waals surface area contributed by atoms with Gasteiger partial charge in [-0.2, -0.15) is 0 Å². The topological polar surface area (TPSA) is 120 Å². The van der Waals surface area contributed by atoms with E-state index in [1.165, 1.54) is 54.1 Å². The molecule has 0 amide bonds. The van der Waals surface area contributed by atoms with Gasteiger partial charge in [0.05, 0.1) is 0 Å². The predicted octanol–water partition coefficient (Wildman–Crippen LogP) is 2.01. The molecule has 0 aliphatic carbocycles. The summed E-state index contributed by atoms with van der Waals surface area (Å²) in [6, 6.07) is 22.0. The number of carboxylic acids is 3. The van der Waals surface area contributed by atoms with Crippen LogP contribution in [0.3, 0.4) is 0 Å². The molecule has 0 fully saturated rings. The SMILES string of the molecule is CC(=O)[O-].CC(=O)[O-].CC(=O)[O-].[Sn+3][CH2]CCCCCCC(c1ccccc1)c1ccccc1. The summed E-state index contributed by atoms with van der Waals surface area (Å²) in [7, 11) is 0. The van der Waals surface area contributed by atoms with Crippen molar-refractivity contribution in [2.45, 2.75) is 69.7 Å². The van der Waals surface area contributed by atoms with Crippen LogP contribution in [0.25, 0.3) is 0 Å². The average molecular weight is 561 g/mol. The fourth-order valence-corrected chi connectivity index (χ4v) is 3.61.